The molecule has 176 valence electrons. The van der Waals surface area contributed by atoms with Gasteiger partial charge in [-0.2, -0.15) is 0 Å². The van der Waals surface area contributed by atoms with Gasteiger partial charge in [0.25, 0.3) is 11.5 Å². The number of carbonyl (C=O) groups excluding carboxylic acids is 1. The zero-order chi connectivity index (χ0) is 23.5. The van der Waals surface area contributed by atoms with Crippen molar-refractivity contribution in [3.8, 4) is 16.9 Å². The van der Waals surface area contributed by atoms with E-state index in [0.717, 1.165) is 5.56 Å². The fraction of sp³-hybridized carbons (Fsp3) is 0.0909. The van der Waals surface area contributed by atoms with Crippen molar-refractivity contribution >= 4 is 51.5 Å². The standard InChI is InChI=1S/C13H7FN2O3S.C9H10N2O2.ClH/c14-7-3-1-6(2-4-7)8-5-20-12-9(8)11(17)15-10(16-12)13(18)19;10-4-6-1-2-8-7(3-6)11-9(12)5-13-8;/h1-5H,(H,18,19)(H,15,16,17);1-3H,4-5,10H2,(H,11,12);1H. The molecule has 5 rings (SSSR count). The first-order valence-electron chi connectivity index (χ1n) is 9.62. The number of rotatable bonds is 3. The van der Waals surface area contributed by atoms with E-state index < -0.39 is 17.4 Å². The van der Waals surface area contributed by atoms with Crippen LogP contribution in [0, 0.1) is 5.82 Å². The summed E-state index contributed by atoms with van der Waals surface area (Å²) in [7, 11) is 0. The Morgan fingerprint density at radius 3 is 2.62 bits per heavy atom. The van der Waals surface area contributed by atoms with Crippen molar-refractivity contribution in [3.63, 3.8) is 0 Å². The summed E-state index contributed by atoms with van der Waals surface area (Å²) in [6.07, 6.45) is 0. The van der Waals surface area contributed by atoms with Gasteiger partial charge >= 0.3 is 5.97 Å². The normalized spacial score (nSPS) is 11.9. The number of benzene rings is 2. The number of aromatic carboxylic acids is 1. The largest absolute Gasteiger partial charge is 0.482 e. The number of nitrogens with zero attached hydrogens (tertiary/aromatic N) is 1. The summed E-state index contributed by atoms with van der Waals surface area (Å²) < 4.78 is 18.1. The van der Waals surface area contributed by atoms with Gasteiger partial charge in [0, 0.05) is 17.5 Å². The zero-order valence-corrected chi connectivity index (χ0v) is 19.0. The lowest BCUT2D eigenvalue weighted by molar-refractivity contribution is -0.118. The maximum atomic E-state index is 12.9. The maximum Gasteiger partial charge on any atom is 0.372 e. The van der Waals surface area contributed by atoms with Gasteiger partial charge in [0.2, 0.25) is 5.82 Å². The van der Waals surface area contributed by atoms with E-state index in [1.54, 1.807) is 17.5 Å². The number of halogens is 2. The second-order valence-corrected chi connectivity index (χ2v) is 7.79. The van der Waals surface area contributed by atoms with Gasteiger partial charge in [-0.3, -0.25) is 9.59 Å². The molecule has 1 aliphatic heterocycles. The summed E-state index contributed by atoms with van der Waals surface area (Å²) >= 11 is 1.17. The van der Waals surface area contributed by atoms with E-state index in [4.69, 9.17) is 15.6 Å². The van der Waals surface area contributed by atoms with Crippen LogP contribution in [0.5, 0.6) is 5.75 Å². The van der Waals surface area contributed by atoms with Crippen molar-refractivity contribution in [3.05, 3.63) is 75.4 Å². The van der Waals surface area contributed by atoms with Crippen molar-refractivity contribution in [2.24, 2.45) is 5.73 Å². The molecule has 0 saturated heterocycles. The van der Waals surface area contributed by atoms with Crippen molar-refractivity contribution in [1.29, 1.82) is 0 Å². The fourth-order valence-corrected chi connectivity index (χ4v) is 4.10. The summed E-state index contributed by atoms with van der Waals surface area (Å²) in [5.41, 5.74) is 7.91. The van der Waals surface area contributed by atoms with Crippen molar-refractivity contribution < 1.29 is 23.8 Å². The van der Waals surface area contributed by atoms with Crippen molar-refractivity contribution in [2.45, 2.75) is 6.54 Å². The molecule has 1 aliphatic rings. The molecule has 1 amide bonds. The smallest absolute Gasteiger partial charge is 0.372 e. The Labute approximate surface area is 201 Å². The molecule has 2 aromatic carbocycles. The van der Waals surface area contributed by atoms with Gasteiger partial charge in [-0.15, -0.1) is 23.7 Å². The number of hydrogen-bond donors (Lipinski definition) is 4. The number of carboxylic acids is 1. The summed E-state index contributed by atoms with van der Waals surface area (Å²) in [5.74, 6) is -1.47. The predicted molar refractivity (Wildman–Crippen MR) is 128 cm³/mol. The maximum absolute atomic E-state index is 12.9. The molecule has 9 nitrogen and oxygen atoms in total. The number of aromatic amines is 1. The monoisotopic (exact) mass is 504 g/mol. The van der Waals surface area contributed by atoms with Crippen LogP contribution in [0.2, 0.25) is 0 Å². The van der Waals surface area contributed by atoms with Gasteiger partial charge < -0.3 is 25.9 Å². The van der Waals surface area contributed by atoms with E-state index in [-0.39, 0.29) is 30.7 Å². The number of ether oxygens (including phenoxy) is 1. The van der Waals surface area contributed by atoms with Crippen LogP contribution < -0.4 is 21.3 Å². The Morgan fingerprint density at radius 1 is 1.21 bits per heavy atom. The van der Waals surface area contributed by atoms with Crippen LogP contribution in [0.4, 0.5) is 10.1 Å². The Morgan fingerprint density at radius 2 is 1.94 bits per heavy atom. The number of carbonyl (C=O) groups is 2. The quantitative estimate of drug-likeness (QED) is 0.334. The van der Waals surface area contributed by atoms with E-state index in [1.165, 1.54) is 23.5 Å². The number of nitrogens with two attached hydrogens (primary N) is 1. The summed E-state index contributed by atoms with van der Waals surface area (Å²) in [4.78, 5) is 40.3. The zero-order valence-electron chi connectivity index (χ0n) is 17.3. The molecule has 0 saturated carbocycles. The summed E-state index contributed by atoms with van der Waals surface area (Å²) in [5, 5.41) is 13.6. The Balaban J connectivity index is 0.000000201. The number of aromatic nitrogens is 2. The lowest BCUT2D eigenvalue weighted by Gasteiger charge is -2.18. The van der Waals surface area contributed by atoms with Gasteiger partial charge in [0.05, 0.1) is 11.1 Å². The topological polar surface area (TPSA) is 147 Å². The number of carboxylic acid groups (broad SMARTS) is 1. The number of fused-ring (bicyclic) bond motifs is 2. The second-order valence-electron chi connectivity index (χ2n) is 6.93. The highest BCUT2D eigenvalue weighted by Gasteiger charge is 2.16. The Kier molecular flexibility index (Phi) is 7.61. The Bertz CT molecular complexity index is 1420. The molecule has 4 aromatic rings. The van der Waals surface area contributed by atoms with Gasteiger partial charge in [0.15, 0.2) is 6.61 Å². The highest BCUT2D eigenvalue weighted by atomic mass is 35.5. The molecule has 5 N–H and O–H groups in total. The van der Waals surface area contributed by atoms with Crippen molar-refractivity contribution in [1.82, 2.24) is 9.97 Å². The minimum atomic E-state index is -1.29. The van der Waals surface area contributed by atoms with Crippen LogP contribution in [0.25, 0.3) is 21.3 Å². The molecule has 0 fully saturated rings. The van der Waals surface area contributed by atoms with Crippen LogP contribution in [0.1, 0.15) is 16.2 Å². The average molecular weight is 505 g/mol. The van der Waals surface area contributed by atoms with Crippen LogP contribution in [-0.2, 0) is 11.3 Å². The minimum absolute atomic E-state index is 0. The van der Waals surface area contributed by atoms with Gasteiger partial charge in [-0.05, 0) is 35.4 Å². The molecule has 34 heavy (non-hydrogen) atoms. The lowest BCUT2D eigenvalue weighted by atomic mass is 10.1. The third-order valence-electron chi connectivity index (χ3n) is 4.71. The molecule has 0 bridgehead atoms. The molecule has 0 atom stereocenters. The Hall–Kier alpha value is -3.80. The molecular weight excluding hydrogens is 487 g/mol. The SMILES string of the molecule is Cl.NCc1ccc2c(c1)NC(=O)CO2.O=C(O)c1nc2scc(-c3ccc(F)cc3)c2c(=O)[nH]1. The minimum Gasteiger partial charge on any atom is -0.482 e. The predicted octanol–water partition coefficient (Wildman–Crippen LogP) is 3.39. The van der Waals surface area contributed by atoms with E-state index in [0.29, 0.717) is 39.3 Å². The van der Waals surface area contributed by atoms with Crippen LogP contribution >= 0.6 is 23.7 Å². The van der Waals surface area contributed by atoms with Crippen molar-refractivity contribution in [2.75, 3.05) is 11.9 Å². The summed E-state index contributed by atoms with van der Waals surface area (Å²) in [6.45, 7) is 0.554. The molecule has 0 aliphatic carbocycles. The molecular formula is C22H18ClFN4O5S. The third kappa shape index (κ3) is 5.22. The number of H-pyrrole nitrogens is 1. The first kappa shape index (κ1) is 24.8. The lowest BCUT2D eigenvalue weighted by Crippen LogP contribution is -2.25. The second kappa shape index (κ2) is 10.4. The molecule has 0 unspecified atom stereocenters. The highest BCUT2D eigenvalue weighted by molar-refractivity contribution is 7.17. The van der Waals surface area contributed by atoms with E-state index in [2.05, 4.69) is 15.3 Å². The van der Waals surface area contributed by atoms with Crippen LogP contribution in [0.3, 0.4) is 0 Å². The van der Waals surface area contributed by atoms with Crippen LogP contribution in [-0.4, -0.2) is 33.6 Å². The van der Waals surface area contributed by atoms with Gasteiger partial charge in [-0.25, -0.2) is 14.2 Å². The number of hydrogen-bond acceptors (Lipinski definition) is 7. The first-order valence-corrected chi connectivity index (χ1v) is 10.5. The first-order chi connectivity index (χ1) is 15.9. The van der Waals surface area contributed by atoms with Crippen LogP contribution in [0.15, 0.2) is 52.6 Å². The average Bonchev–Trinajstić information content (AvgIpc) is 3.24. The number of thiophene rings is 1. The number of anilines is 1. The molecule has 12 heteroatoms. The third-order valence-corrected chi connectivity index (χ3v) is 5.59. The number of nitrogens with one attached hydrogen (secondary N) is 2. The highest BCUT2D eigenvalue weighted by Crippen LogP contribution is 2.31. The van der Waals surface area contributed by atoms with E-state index in [9.17, 15) is 18.8 Å². The van der Waals surface area contributed by atoms with Gasteiger partial charge in [0.1, 0.15) is 16.4 Å². The van der Waals surface area contributed by atoms with E-state index in [1.807, 2.05) is 18.2 Å². The van der Waals surface area contributed by atoms with E-state index >= 15 is 0 Å². The molecule has 0 spiro atoms. The molecule has 3 heterocycles. The number of amides is 1. The van der Waals surface area contributed by atoms with Gasteiger partial charge in [-0.1, -0.05) is 18.2 Å². The summed E-state index contributed by atoms with van der Waals surface area (Å²) in [6, 6.07) is 11.2. The molecule has 2 aromatic heterocycles. The fourth-order valence-electron chi connectivity index (χ4n) is 3.15. The molecule has 0 radical (unpaired) electrons.